The number of aliphatic hydroxyl groups is 3. The number of carbonyl (C=O) groups excluding carboxylic acids is 4. The Balaban J connectivity index is 2.65. The summed E-state index contributed by atoms with van der Waals surface area (Å²) in [4.78, 5) is 47.5. The fraction of sp³-hybridized carbons (Fsp3) is 0.826. The van der Waals surface area contributed by atoms with E-state index in [4.69, 9.17) is 9.47 Å². The normalized spacial score (nSPS) is 27.6. The summed E-state index contributed by atoms with van der Waals surface area (Å²) in [6.45, 7) is 7.90. The van der Waals surface area contributed by atoms with Gasteiger partial charge in [-0.2, -0.15) is 0 Å². The Bertz CT molecular complexity index is 751. The van der Waals surface area contributed by atoms with Gasteiger partial charge in [0.1, 0.15) is 35.7 Å². The monoisotopic (exact) mass is 503 g/mol. The average Bonchev–Trinajstić information content (AvgIpc) is 2.76. The number of likely N-dealkylation sites (N-methyl/N-ethyl adjacent to an activating group) is 1. The SMILES string of the molecule is CNC(=O)C(CC(=O)NCC1OC(OCCCCC(=O)C(C)(C)C)C(O)C(C)(O)C1O)NC(C)=O. The summed E-state index contributed by atoms with van der Waals surface area (Å²) in [7, 11) is 1.37. The minimum atomic E-state index is -1.98. The van der Waals surface area contributed by atoms with Crippen molar-refractivity contribution in [2.75, 3.05) is 20.2 Å². The second-order valence-corrected chi connectivity index (χ2v) is 10.0. The van der Waals surface area contributed by atoms with Crippen LogP contribution in [0.3, 0.4) is 0 Å². The van der Waals surface area contributed by atoms with Crippen LogP contribution < -0.4 is 16.0 Å². The van der Waals surface area contributed by atoms with E-state index in [1.807, 2.05) is 20.8 Å². The number of amides is 3. The largest absolute Gasteiger partial charge is 0.387 e. The molecule has 0 aliphatic carbocycles. The Morgan fingerprint density at radius 2 is 1.74 bits per heavy atom. The molecule has 3 amide bonds. The molecule has 0 aromatic heterocycles. The van der Waals surface area contributed by atoms with Crippen LogP contribution in [0.15, 0.2) is 0 Å². The minimum absolute atomic E-state index is 0.130. The van der Waals surface area contributed by atoms with Gasteiger partial charge in [0.2, 0.25) is 17.7 Å². The third-order valence-corrected chi connectivity index (χ3v) is 5.86. The van der Waals surface area contributed by atoms with Crippen LogP contribution in [0.25, 0.3) is 0 Å². The maximum atomic E-state index is 12.3. The molecule has 202 valence electrons. The van der Waals surface area contributed by atoms with E-state index in [0.29, 0.717) is 19.3 Å². The van der Waals surface area contributed by atoms with Crippen LogP contribution in [0.2, 0.25) is 0 Å². The number of hydrogen-bond acceptors (Lipinski definition) is 9. The highest BCUT2D eigenvalue weighted by atomic mass is 16.7. The van der Waals surface area contributed by atoms with Crippen LogP contribution in [0.5, 0.6) is 0 Å². The molecule has 1 aliphatic heterocycles. The summed E-state index contributed by atoms with van der Waals surface area (Å²) in [5.41, 5.74) is -2.40. The minimum Gasteiger partial charge on any atom is -0.387 e. The number of aliphatic hydroxyl groups excluding tert-OH is 2. The molecule has 12 nitrogen and oxygen atoms in total. The summed E-state index contributed by atoms with van der Waals surface area (Å²) < 4.78 is 11.2. The van der Waals surface area contributed by atoms with Gasteiger partial charge >= 0.3 is 0 Å². The predicted molar refractivity (Wildman–Crippen MR) is 125 cm³/mol. The molecule has 1 fully saturated rings. The molecule has 12 heteroatoms. The van der Waals surface area contributed by atoms with Gasteiger partial charge in [-0.25, -0.2) is 0 Å². The zero-order valence-corrected chi connectivity index (χ0v) is 21.4. The van der Waals surface area contributed by atoms with E-state index in [1.54, 1.807) is 0 Å². The van der Waals surface area contributed by atoms with E-state index in [9.17, 15) is 34.5 Å². The van der Waals surface area contributed by atoms with Crippen molar-refractivity contribution in [1.29, 1.82) is 0 Å². The number of carbonyl (C=O) groups is 4. The Morgan fingerprint density at radius 1 is 1.11 bits per heavy atom. The van der Waals surface area contributed by atoms with Crippen LogP contribution in [-0.4, -0.2) is 95.3 Å². The van der Waals surface area contributed by atoms with Crippen molar-refractivity contribution in [3.8, 4) is 0 Å². The van der Waals surface area contributed by atoms with E-state index in [1.165, 1.54) is 20.9 Å². The van der Waals surface area contributed by atoms with Gasteiger partial charge in [0.15, 0.2) is 6.29 Å². The van der Waals surface area contributed by atoms with Gasteiger partial charge in [-0.3, -0.25) is 19.2 Å². The molecule has 1 heterocycles. The Labute approximate surface area is 206 Å². The zero-order chi connectivity index (χ0) is 27.0. The number of unbranched alkanes of at least 4 members (excludes halogenated alkanes) is 1. The molecule has 6 unspecified atom stereocenters. The summed E-state index contributed by atoms with van der Waals surface area (Å²) in [6.07, 6.45) is -4.36. The molecular formula is C23H41N3O9. The van der Waals surface area contributed by atoms with Crippen molar-refractivity contribution in [2.24, 2.45) is 5.41 Å². The fourth-order valence-corrected chi connectivity index (χ4v) is 3.50. The highest BCUT2D eigenvalue weighted by molar-refractivity contribution is 5.91. The van der Waals surface area contributed by atoms with Crippen molar-refractivity contribution in [2.45, 2.75) is 96.5 Å². The maximum Gasteiger partial charge on any atom is 0.242 e. The van der Waals surface area contributed by atoms with Gasteiger partial charge in [-0.1, -0.05) is 20.8 Å². The predicted octanol–water partition coefficient (Wildman–Crippen LogP) is -1.26. The zero-order valence-electron chi connectivity index (χ0n) is 21.4. The average molecular weight is 504 g/mol. The Morgan fingerprint density at radius 3 is 2.29 bits per heavy atom. The first-order chi connectivity index (χ1) is 16.1. The Kier molecular flexibility index (Phi) is 11.7. The van der Waals surface area contributed by atoms with E-state index < -0.39 is 59.4 Å². The van der Waals surface area contributed by atoms with Crippen molar-refractivity contribution in [3.05, 3.63) is 0 Å². The first-order valence-electron chi connectivity index (χ1n) is 11.8. The molecule has 1 saturated heterocycles. The van der Waals surface area contributed by atoms with Crippen LogP contribution in [0.4, 0.5) is 0 Å². The smallest absolute Gasteiger partial charge is 0.242 e. The molecule has 1 aliphatic rings. The maximum absolute atomic E-state index is 12.3. The second kappa shape index (κ2) is 13.3. The Hall–Kier alpha value is -2.12. The van der Waals surface area contributed by atoms with Crippen LogP contribution in [-0.2, 0) is 28.7 Å². The summed E-state index contributed by atoms with van der Waals surface area (Å²) >= 11 is 0. The molecule has 0 aromatic rings. The standard InChI is InChI=1S/C23H41N3O9/c1-13(27)26-14(20(32)24-6)11-17(29)25-12-15-18(30)23(5,33)19(31)21(35-15)34-10-8-7-9-16(28)22(2,3)4/h14-15,18-19,21,30-31,33H,7-12H2,1-6H3,(H,24,32)(H,25,29)(H,26,27). The lowest BCUT2D eigenvalue weighted by Gasteiger charge is -2.46. The van der Waals surface area contributed by atoms with Crippen LogP contribution in [0.1, 0.15) is 60.3 Å². The van der Waals surface area contributed by atoms with Gasteiger partial charge in [-0.05, 0) is 19.8 Å². The van der Waals surface area contributed by atoms with Crippen molar-refractivity contribution < 1.29 is 44.0 Å². The highest BCUT2D eigenvalue weighted by Crippen LogP contribution is 2.30. The van der Waals surface area contributed by atoms with E-state index in [-0.39, 0.29) is 25.4 Å². The number of ketones is 1. The lowest BCUT2D eigenvalue weighted by Crippen LogP contribution is -2.67. The van der Waals surface area contributed by atoms with Gasteiger partial charge < -0.3 is 40.7 Å². The molecule has 0 spiro atoms. The molecule has 0 bridgehead atoms. The van der Waals surface area contributed by atoms with Gasteiger partial charge in [0.25, 0.3) is 0 Å². The molecule has 35 heavy (non-hydrogen) atoms. The van der Waals surface area contributed by atoms with E-state index >= 15 is 0 Å². The molecule has 0 saturated carbocycles. The molecule has 0 radical (unpaired) electrons. The van der Waals surface area contributed by atoms with Crippen LogP contribution in [0, 0.1) is 5.41 Å². The fourth-order valence-electron chi connectivity index (χ4n) is 3.50. The van der Waals surface area contributed by atoms with Gasteiger partial charge in [0.05, 0.1) is 6.42 Å². The third-order valence-electron chi connectivity index (χ3n) is 5.86. The van der Waals surface area contributed by atoms with Crippen molar-refractivity contribution >= 4 is 23.5 Å². The number of nitrogens with one attached hydrogen (secondary N) is 3. The van der Waals surface area contributed by atoms with Crippen molar-refractivity contribution in [1.82, 2.24) is 16.0 Å². The highest BCUT2D eigenvalue weighted by Gasteiger charge is 2.52. The van der Waals surface area contributed by atoms with E-state index in [0.717, 1.165) is 0 Å². The molecule has 1 rings (SSSR count). The first kappa shape index (κ1) is 30.9. The lowest BCUT2D eigenvalue weighted by atomic mass is 9.85. The summed E-state index contributed by atoms with van der Waals surface area (Å²) in [5, 5.41) is 38.7. The van der Waals surface area contributed by atoms with Gasteiger partial charge in [0, 0.05) is 39.0 Å². The topological polar surface area (TPSA) is 184 Å². The molecular weight excluding hydrogens is 462 g/mol. The van der Waals surface area contributed by atoms with Crippen LogP contribution >= 0.6 is 0 Å². The van der Waals surface area contributed by atoms with Crippen molar-refractivity contribution in [3.63, 3.8) is 0 Å². The molecule has 6 N–H and O–H groups in total. The second-order valence-electron chi connectivity index (χ2n) is 10.0. The number of rotatable bonds is 12. The number of Topliss-reactive ketones (excluding diaryl/α,β-unsaturated/α-hetero) is 1. The third kappa shape index (κ3) is 9.45. The summed E-state index contributed by atoms with van der Waals surface area (Å²) in [6, 6.07) is -1.08. The number of ether oxygens (including phenoxy) is 2. The summed E-state index contributed by atoms with van der Waals surface area (Å²) in [5.74, 6) is -1.50. The quantitative estimate of drug-likeness (QED) is 0.177. The lowest BCUT2D eigenvalue weighted by molar-refractivity contribution is -0.323. The molecule has 0 aromatic carbocycles. The van der Waals surface area contributed by atoms with E-state index in [2.05, 4.69) is 16.0 Å². The first-order valence-corrected chi connectivity index (χ1v) is 11.8. The van der Waals surface area contributed by atoms with Gasteiger partial charge in [-0.15, -0.1) is 0 Å². The number of hydrogen-bond donors (Lipinski definition) is 6. The molecule has 6 atom stereocenters.